The largest absolute Gasteiger partial charge is 0.509 e. The summed E-state index contributed by atoms with van der Waals surface area (Å²) < 4.78 is 23.2. The van der Waals surface area contributed by atoms with Crippen LogP contribution in [0.2, 0.25) is 0 Å². The van der Waals surface area contributed by atoms with Crippen LogP contribution >= 0.6 is 27.7 Å². The third kappa shape index (κ3) is 13.8. The number of halogens is 1. The highest BCUT2D eigenvalue weighted by molar-refractivity contribution is 9.10. The molecule has 3 unspecified atom stereocenters. The Kier molecular flexibility index (Phi) is 11.6. The standard InChI is InChI=1S/C22H43BrO5S/c1-12-22(10,29-11)25-15-21(8,9)27-17(3)14-20(6,7)28-18(24)26-16(2)13-19(4,5)23/h16-17H,12-15H2,1-11H3. The second-order valence-electron chi connectivity index (χ2n) is 9.84. The molecule has 7 heteroatoms. The Balaban J connectivity index is 4.61. The van der Waals surface area contributed by atoms with Gasteiger partial charge in [-0.1, -0.05) is 22.9 Å². The van der Waals surface area contributed by atoms with Crippen LogP contribution in [0.15, 0.2) is 0 Å². The van der Waals surface area contributed by atoms with Gasteiger partial charge in [0.2, 0.25) is 0 Å². The smallest absolute Gasteiger partial charge is 0.431 e. The van der Waals surface area contributed by atoms with Gasteiger partial charge in [-0.25, -0.2) is 4.79 Å². The van der Waals surface area contributed by atoms with Crippen molar-refractivity contribution in [3.05, 3.63) is 0 Å². The number of rotatable bonds is 13. The van der Waals surface area contributed by atoms with Crippen LogP contribution in [0.1, 0.15) is 88.5 Å². The van der Waals surface area contributed by atoms with Crippen molar-refractivity contribution in [3.63, 3.8) is 0 Å². The average Bonchev–Trinajstić information content (AvgIpc) is 2.48. The molecule has 0 heterocycles. The van der Waals surface area contributed by atoms with Crippen molar-refractivity contribution in [3.8, 4) is 0 Å². The van der Waals surface area contributed by atoms with Gasteiger partial charge in [0.05, 0.1) is 18.3 Å². The van der Waals surface area contributed by atoms with Gasteiger partial charge < -0.3 is 18.9 Å². The molecular weight excluding hydrogens is 456 g/mol. The van der Waals surface area contributed by atoms with Gasteiger partial charge in [0.1, 0.15) is 16.6 Å². The number of thioether (sulfide) groups is 1. The maximum absolute atomic E-state index is 12.2. The van der Waals surface area contributed by atoms with Gasteiger partial charge in [0.15, 0.2) is 0 Å². The zero-order chi connectivity index (χ0) is 23.1. The number of alkyl halides is 1. The summed E-state index contributed by atoms with van der Waals surface area (Å²) in [4.78, 5) is 12.0. The van der Waals surface area contributed by atoms with E-state index in [1.54, 1.807) is 11.8 Å². The quantitative estimate of drug-likeness (QED) is 0.155. The molecule has 0 saturated heterocycles. The van der Waals surface area contributed by atoms with E-state index in [2.05, 4.69) is 36.0 Å². The molecule has 0 amide bonds. The Labute approximate surface area is 191 Å². The van der Waals surface area contributed by atoms with E-state index in [1.807, 2.05) is 55.4 Å². The number of carbonyl (C=O) groups excluding carboxylic acids is 1. The first-order valence-electron chi connectivity index (χ1n) is 10.4. The van der Waals surface area contributed by atoms with Crippen LogP contribution in [-0.2, 0) is 18.9 Å². The molecule has 0 N–H and O–H groups in total. The zero-order valence-corrected chi connectivity index (χ0v) is 22.7. The molecule has 0 rings (SSSR count). The first-order chi connectivity index (χ1) is 12.9. The van der Waals surface area contributed by atoms with Crippen LogP contribution in [0.5, 0.6) is 0 Å². The lowest BCUT2D eigenvalue weighted by atomic mass is 10.0. The minimum Gasteiger partial charge on any atom is -0.431 e. The summed E-state index contributed by atoms with van der Waals surface area (Å²) in [6.45, 7) is 20.4. The number of hydrogen-bond acceptors (Lipinski definition) is 6. The molecule has 0 bridgehead atoms. The van der Waals surface area contributed by atoms with E-state index in [4.69, 9.17) is 18.9 Å². The van der Waals surface area contributed by atoms with E-state index in [1.165, 1.54) is 0 Å². The third-order valence-corrected chi connectivity index (χ3v) is 6.12. The number of hydrogen-bond donors (Lipinski definition) is 0. The molecule has 5 nitrogen and oxygen atoms in total. The van der Waals surface area contributed by atoms with Gasteiger partial charge in [-0.3, -0.25) is 0 Å². The Morgan fingerprint density at radius 2 is 1.52 bits per heavy atom. The Morgan fingerprint density at radius 3 is 1.97 bits per heavy atom. The molecule has 0 spiro atoms. The summed E-state index contributed by atoms with van der Waals surface area (Å²) >= 11 is 5.27. The number of carbonyl (C=O) groups is 1. The van der Waals surface area contributed by atoms with Gasteiger partial charge in [0, 0.05) is 10.7 Å². The zero-order valence-electron chi connectivity index (χ0n) is 20.3. The van der Waals surface area contributed by atoms with E-state index in [0.29, 0.717) is 19.4 Å². The minimum absolute atomic E-state index is 0.0949. The molecule has 0 fully saturated rings. The summed E-state index contributed by atoms with van der Waals surface area (Å²) in [7, 11) is 0. The molecule has 0 aromatic carbocycles. The SMILES string of the molecule is CCC(C)(OCC(C)(C)OC(C)CC(C)(C)OC(=O)OC(C)CC(C)(C)Br)SC. The summed E-state index contributed by atoms with van der Waals surface area (Å²) in [5, 5.41) is 0. The van der Waals surface area contributed by atoms with Crippen LogP contribution in [-0.4, -0.2) is 51.7 Å². The monoisotopic (exact) mass is 498 g/mol. The average molecular weight is 500 g/mol. The molecule has 174 valence electrons. The summed E-state index contributed by atoms with van der Waals surface area (Å²) in [5.74, 6) is 0. The van der Waals surface area contributed by atoms with Crippen molar-refractivity contribution in [1.29, 1.82) is 0 Å². The van der Waals surface area contributed by atoms with Crippen LogP contribution in [0.3, 0.4) is 0 Å². The van der Waals surface area contributed by atoms with Crippen molar-refractivity contribution in [2.24, 2.45) is 0 Å². The third-order valence-electron chi connectivity index (χ3n) is 4.53. The highest BCUT2D eigenvalue weighted by Gasteiger charge is 2.33. The topological polar surface area (TPSA) is 54.0 Å². The lowest BCUT2D eigenvalue weighted by molar-refractivity contribution is -0.141. The molecule has 3 atom stereocenters. The van der Waals surface area contributed by atoms with Crippen molar-refractivity contribution < 1.29 is 23.7 Å². The maximum Gasteiger partial charge on any atom is 0.509 e. The van der Waals surface area contributed by atoms with Crippen molar-refractivity contribution >= 4 is 33.8 Å². The lowest BCUT2D eigenvalue weighted by Gasteiger charge is -2.36. The van der Waals surface area contributed by atoms with Crippen LogP contribution < -0.4 is 0 Å². The van der Waals surface area contributed by atoms with E-state index >= 15 is 0 Å². The number of ether oxygens (including phenoxy) is 4. The van der Waals surface area contributed by atoms with Crippen LogP contribution in [0.4, 0.5) is 4.79 Å². The van der Waals surface area contributed by atoms with Gasteiger partial charge in [-0.2, -0.15) is 0 Å². The maximum atomic E-state index is 12.2. The van der Waals surface area contributed by atoms with Crippen molar-refractivity contribution in [1.82, 2.24) is 0 Å². The summed E-state index contributed by atoms with van der Waals surface area (Å²) in [6.07, 6.45) is 3.24. The normalized spacial score (nSPS) is 17.4. The van der Waals surface area contributed by atoms with Gasteiger partial charge in [-0.15, -0.1) is 11.8 Å². The molecule has 29 heavy (non-hydrogen) atoms. The van der Waals surface area contributed by atoms with E-state index in [0.717, 1.165) is 6.42 Å². The van der Waals surface area contributed by atoms with E-state index < -0.39 is 17.4 Å². The molecule has 0 aliphatic carbocycles. The van der Waals surface area contributed by atoms with Gasteiger partial charge >= 0.3 is 6.16 Å². The first kappa shape index (κ1) is 29.0. The summed E-state index contributed by atoms with van der Waals surface area (Å²) in [6, 6.07) is 0. The summed E-state index contributed by atoms with van der Waals surface area (Å²) in [5.41, 5.74) is -1.15. The lowest BCUT2D eigenvalue weighted by Crippen LogP contribution is -2.41. The Hall–Kier alpha value is 0.0200. The van der Waals surface area contributed by atoms with E-state index in [-0.39, 0.29) is 21.5 Å². The second-order valence-corrected chi connectivity index (χ2v) is 13.3. The van der Waals surface area contributed by atoms with Crippen LogP contribution in [0, 0.1) is 0 Å². The van der Waals surface area contributed by atoms with Crippen molar-refractivity contribution in [2.75, 3.05) is 12.9 Å². The van der Waals surface area contributed by atoms with Crippen molar-refractivity contribution in [2.45, 2.75) is 121 Å². The fraction of sp³-hybridized carbons (Fsp3) is 0.955. The molecule has 0 aromatic rings. The molecule has 0 aromatic heterocycles. The molecule has 0 saturated carbocycles. The highest BCUT2D eigenvalue weighted by Crippen LogP contribution is 2.30. The van der Waals surface area contributed by atoms with E-state index in [9.17, 15) is 4.79 Å². The van der Waals surface area contributed by atoms with Gasteiger partial charge in [0.25, 0.3) is 0 Å². The second kappa shape index (κ2) is 11.6. The molecule has 0 aliphatic heterocycles. The highest BCUT2D eigenvalue weighted by atomic mass is 79.9. The predicted molar refractivity (Wildman–Crippen MR) is 126 cm³/mol. The Bertz CT molecular complexity index is 498. The minimum atomic E-state index is -0.700. The fourth-order valence-electron chi connectivity index (χ4n) is 3.13. The predicted octanol–water partition coefficient (Wildman–Crippen LogP) is 6.95. The molecule has 0 aliphatic rings. The molecular formula is C22H43BrO5S. The fourth-order valence-corrected chi connectivity index (χ4v) is 4.05. The first-order valence-corrected chi connectivity index (χ1v) is 12.4. The van der Waals surface area contributed by atoms with Crippen LogP contribution in [0.25, 0.3) is 0 Å². The Morgan fingerprint density at radius 1 is 0.966 bits per heavy atom. The van der Waals surface area contributed by atoms with Gasteiger partial charge in [-0.05, 0) is 81.4 Å². The molecule has 0 radical (unpaired) electrons.